The Kier molecular flexibility index (Phi) is 5.26. The SMILES string of the molecule is CC(C)(C)c1ccc(-n2c(-c3ccc(N)cc3)ccc2-c2ccc(I)cc2)cc1. The molecule has 0 spiro atoms. The van der Waals surface area contributed by atoms with E-state index in [2.05, 4.69) is 121 Å². The molecule has 1 heterocycles. The van der Waals surface area contributed by atoms with Gasteiger partial charge >= 0.3 is 0 Å². The molecular weight excluding hydrogens is 467 g/mol. The van der Waals surface area contributed by atoms with Gasteiger partial charge in [-0.15, -0.1) is 0 Å². The van der Waals surface area contributed by atoms with E-state index in [1.165, 1.54) is 20.4 Å². The van der Waals surface area contributed by atoms with Gasteiger partial charge in [0.1, 0.15) is 0 Å². The van der Waals surface area contributed by atoms with Gasteiger partial charge in [0.2, 0.25) is 0 Å². The Labute approximate surface area is 186 Å². The van der Waals surface area contributed by atoms with Crippen LogP contribution in [0, 0.1) is 3.57 Å². The minimum Gasteiger partial charge on any atom is -0.399 e. The first-order chi connectivity index (χ1) is 13.8. The summed E-state index contributed by atoms with van der Waals surface area (Å²) in [7, 11) is 0. The second-order valence-electron chi connectivity index (χ2n) is 8.36. The fourth-order valence-electron chi connectivity index (χ4n) is 3.55. The summed E-state index contributed by atoms with van der Waals surface area (Å²) in [6, 6.07) is 30.1. The minimum atomic E-state index is 0.133. The molecule has 1 aromatic heterocycles. The molecule has 0 atom stereocenters. The number of nitrogens with zero attached hydrogens (tertiary/aromatic N) is 1. The number of halogens is 1. The van der Waals surface area contributed by atoms with Crippen LogP contribution in [0.15, 0.2) is 84.9 Å². The highest BCUT2D eigenvalue weighted by atomic mass is 127. The Morgan fingerprint density at radius 1 is 0.655 bits per heavy atom. The van der Waals surface area contributed by atoms with Gasteiger partial charge in [0, 0.05) is 14.9 Å². The fraction of sp³-hybridized carbons (Fsp3) is 0.154. The van der Waals surface area contributed by atoms with Crippen molar-refractivity contribution in [2.75, 3.05) is 5.73 Å². The third-order valence-corrected chi connectivity index (χ3v) is 5.94. The molecule has 2 nitrogen and oxygen atoms in total. The molecule has 29 heavy (non-hydrogen) atoms. The Hall–Kier alpha value is -2.53. The van der Waals surface area contributed by atoms with Crippen LogP contribution < -0.4 is 5.73 Å². The monoisotopic (exact) mass is 492 g/mol. The lowest BCUT2D eigenvalue weighted by atomic mass is 9.87. The Balaban J connectivity index is 1.90. The van der Waals surface area contributed by atoms with Gasteiger partial charge in [-0.1, -0.05) is 57.2 Å². The van der Waals surface area contributed by atoms with Gasteiger partial charge in [-0.3, -0.25) is 0 Å². The molecule has 0 saturated carbocycles. The number of hydrogen-bond donors (Lipinski definition) is 1. The van der Waals surface area contributed by atoms with Gasteiger partial charge < -0.3 is 10.3 Å². The van der Waals surface area contributed by atoms with Crippen LogP contribution in [0.25, 0.3) is 28.2 Å². The zero-order valence-corrected chi connectivity index (χ0v) is 19.1. The molecule has 4 aromatic rings. The fourth-order valence-corrected chi connectivity index (χ4v) is 3.91. The smallest absolute Gasteiger partial charge is 0.0535 e. The van der Waals surface area contributed by atoms with E-state index in [4.69, 9.17) is 5.73 Å². The second kappa shape index (κ2) is 7.71. The molecule has 0 aliphatic carbocycles. The molecule has 4 rings (SSSR count). The van der Waals surface area contributed by atoms with Crippen molar-refractivity contribution in [1.29, 1.82) is 0 Å². The molecule has 0 saturated heterocycles. The third kappa shape index (κ3) is 4.10. The highest BCUT2D eigenvalue weighted by Crippen LogP contribution is 2.34. The molecule has 0 fully saturated rings. The van der Waals surface area contributed by atoms with Crippen molar-refractivity contribution in [3.8, 4) is 28.2 Å². The average Bonchev–Trinajstić information content (AvgIpc) is 3.13. The first-order valence-electron chi connectivity index (χ1n) is 9.77. The molecule has 0 bridgehead atoms. The standard InChI is InChI=1S/C26H25IN2/c1-26(2,3)20-8-14-23(15-9-20)29-24(18-4-10-21(27)11-5-18)16-17-25(29)19-6-12-22(28)13-7-19/h4-17H,28H2,1-3H3. The van der Waals surface area contributed by atoms with E-state index in [9.17, 15) is 0 Å². The number of nitrogen functional groups attached to an aromatic ring is 1. The first-order valence-corrected chi connectivity index (χ1v) is 10.9. The van der Waals surface area contributed by atoms with Crippen molar-refractivity contribution < 1.29 is 0 Å². The lowest BCUT2D eigenvalue weighted by Gasteiger charge is -2.20. The van der Waals surface area contributed by atoms with Gasteiger partial charge in [-0.05, 0) is 93.2 Å². The van der Waals surface area contributed by atoms with Crippen molar-refractivity contribution in [3.63, 3.8) is 0 Å². The molecule has 0 aliphatic rings. The maximum Gasteiger partial charge on any atom is 0.0535 e. The molecule has 146 valence electrons. The van der Waals surface area contributed by atoms with Gasteiger partial charge in [0.15, 0.2) is 0 Å². The highest BCUT2D eigenvalue weighted by molar-refractivity contribution is 14.1. The van der Waals surface area contributed by atoms with E-state index in [1.54, 1.807) is 0 Å². The summed E-state index contributed by atoms with van der Waals surface area (Å²) in [5.74, 6) is 0. The zero-order chi connectivity index (χ0) is 20.6. The van der Waals surface area contributed by atoms with Crippen LogP contribution in [0.2, 0.25) is 0 Å². The number of hydrogen-bond acceptors (Lipinski definition) is 1. The summed E-state index contributed by atoms with van der Waals surface area (Å²) in [6.45, 7) is 6.73. The summed E-state index contributed by atoms with van der Waals surface area (Å²) >= 11 is 2.35. The van der Waals surface area contributed by atoms with Crippen LogP contribution in [0.3, 0.4) is 0 Å². The maximum atomic E-state index is 5.91. The molecule has 0 radical (unpaired) electrons. The summed E-state index contributed by atoms with van der Waals surface area (Å²) in [5, 5.41) is 0. The van der Waals surface area contributed by atoms with E-state index >= 15 is 0 Å². The Bertz CT molecular complexity index is 1050. The molecule has 3 aromatic carbocycles. The average molecular weight is 492 g/mol. The molecule has 0 aliphatic heterocycles. The van der Waals surface area contributed by atoms with Gasteiger partial charge in [-0.25, -0.2) is 0 Å². The van der Waals surface area contributed by atoms with Crippen LogP contribution in [-0.2, 0) is 5.41 Å². The van der Waals surface area contributed by atoms with E-state index in [-0.39, 0.29) is 5.41 Å². The lowest BCUT2D eigenvalue weighted by molar-refractivity contribution is 0.590. The molecule has 2 N–H and O–H groups in total. The Morgan fingerprint density at radius 3 is 1.62 bits per heavy atom. The van der Waals surface area contributed by atoms with Gasteiger partial charge in [-0.2, -0.15) is 0 Å². The molecule has 3 heteroatoms. The lowest BCUT2D eigenvalue weighted by Crippen LogP contribution is -2.11. The normalized spacial score (nSPS) is 11.6. The minimum absolute atomic E-state index is 0.133. The quantitative estimate of drug-likeness (QED) is 0.236. The second-order valence-corrected chi connectivity index (χ2v) is 9.61. The number of rotatable bonds is 3. The summed E-state index contributed by atoms with van der Waals surface area (Å²) in [5.41, 5.74) is 14.0. The van der Waals surface area contributed by atoms with Crippen LogP contribution in [0.4, 0.5) is 5.69 Å². The Morgan fingerprint density at radius 2 is 1.14 bits per heavy atom. The summed E-state index contributed by atoms with van der Waals surface area (Å²) in [6.07, 6.45) is 0. The topological polar surface area (TPSA) is 30.9 Å². The third-order valence-electron chi connectivity index (χ3n) is 5.22. The van der Waals surface area contributed by atoms with Crippen LogP contribution in [0.5, 0.6) is 0 Å². The first kappa shape index (κ1) is 19.8. The number of aromatic nitrogens is 1. The largest absolute Gasteiger partial charge is 0.399 e. The van der Waals surface area contributed by atoms with Gasteiger partial charge in [0.25, 0.3) is 0 Å². The van der Waals surface area contributed by atoms with Crippen LogP contribution >= 0.6 is 22.6 Å². The maximum absolute atomic E-state index is 5.91. The van der Waals surface area contributed by atoms with Crippen LogP contribution in [0.1, 0.15) is 26.3 Å². The van der Waals surface area contributed by atoms with Crippen molar-refractivity contribution in [2.45, 2.75) is 26.2 Å². The zero-order valence-electron chi connectivity index (χ0n) is 17.0. The predicted octanol–water partition coefficient (Wildman–Crippen LogP) is 7.30. The van der Waals surface area contributed by atoms with E-state index in [0.29, 0.717) is 0 Å². The van der Waals surface area contributed by atoms with E-state index < -0.39 is 0 Å². The number of nitrogens with two attached hydrogens (primary N) is 1. The van der Waals surface area contributed by atoms with Crippen molar-refractivity contribution in [1.82, 2.24) is 4.57 Å². The highest BCUT2D eigenvalue weighted by Gasteiger charge is 2.16. The number of benzene rings is 3. The van der Waals surface area contributed by atoms with Crippen LogP contribution in [-0.4, -0.2) is 4.57 Å². The predicted molar refractivity (Wildman–Crippen MR) is 132 cm³/mol. The van der Waals surface area contributed by atoms with Crippen molar-refractivity contribution in [3.05, 3.63) is 94.1 Å². The molecule has 0 unspecified atom stereocenters. The van der Waals surface area contributed by atoms with E-state index in [0.717, 1.165) is 22.6 Å². The number of anilines is 1. The molecule has 0 amide bonds. The summed E-state index contributed by atoms with van der Waals surface area (Å²) < 4.78 is 3.57. The van der Waals surface area contributed by atoms with E-state index in [1.807, 2.05) is 12.1 Å². The molecular formula is C26H25IN2. The van der Waals surface area contributed by atoms with Crippen molar-refractivity contribution in [2.24, 2.45) is 0 Å². The summed E-state index contributed by atoms with van der Waals surface area (Å²) in [4.78, 5) is 0. The van der Waals surface area contributed by atoms with Crippen molar-refractivity contribution >= 4 is 28.3 Å². The van der Waals surface area contributed by atoms with Gasteiger partial charge in [0.05, 0.1) is 11.4 Å².